The molecule has 0 aliphatic heterocycles. The second-order valence-corrected chi connectivity index (χ2v) is 8.20. The Kier molecular flexibility index (Phi) is 6.14. The molecule has 8 heteroatoms. The van der Waals surface area contributed by atoms with Crippen LogP contribution in [-0.4, -0.2) is 30.7 Å². The Hall–Kier alpha value is -0.940. The van der Waals surface area contributed by atoms with Crippen LogP contribution in [0, 0.1) is 11.3 Å². The molecule has 0 saturated heterocycles. The topological polar surface area (TPSA) is 87.0 Å². The van der Waals surface area contributed by atoms with E-state index in [1.165, 1.54) is 18.2 Å². The molecule has 0 saturated carbocycles. The van der Waals surface area contributed by atoms with E-state index in [9.17, 15) is 12.6 Å². The molecule has 20 heavy (non-hydrogen) atoms. The second-order valence-electron chi connectivity index (χ2n) is 4.25. The number of benzene rings is 1. The van der Waals surface area contributed by atoms with Crippen LogP contribution in [0.4, 0.5) is 0 Å². The zero-order chi connectivity index (χ0) is 15.3. The van der Waals surface area contributed by atoms with Gasteiger partial charge < -0.3 is 0 Å². The van der Waals surface area contributed by atoms with Crippen LogP contribution in [-0.2, 0) is 20.8 Å². The van der Waals surface area contributed by atoms with Gasteiger partial charge in [0.25, 0.3) is 0 Å². The standard InChI is InChI=1S/C12H15ClN2O3S2/c1-9(19(2)16)5-6-15-20(17,18)12-4-3-10(8-14)7-11(12)13/h3-4,7,9,15H,5-6H2,1-2H3/t9-,19+/m0/s1. The molecule has 0 radical (unpaired) electrons. The molecule has 0 aliphatic carbocycles. The van der Waals surface area contributed by atoms with Gasteiger partial charge in [-0.2, -0.15) is 5.26 Å². The monoisotopic (exact) mass is 334 g/mol. The molecule has 1 rings (SSSR count). The van der Waals surface area contributed by atoms with E-state index < -0.39 is 20.8 Å². The lowest BCUT2D eigenvalue weighted by Crippen LogP contribution is -2.27. The molecule has 0 bridgehead atoms. The Balaban J connectivity index is 2.80. The van der Waals surface area contributed by atoms with Crippen LogP contribution < -0.4 is 4.72 Å². The van der Waals surface area contributed by atoms with Gasteiger partial charge in [-0.05, 0) is 24.6 Å². The van der Waals surface area contributed by atoms with Crippen molar-refractivity contribution in [3.8, 4) is 6.07 Å². The van der Waals surface area contributed by atoms with Crippen molar-refractivity contribution in [2.45, 2.75) is 23.5 Å². The first-order valence-corrected chi connectivity index (χ1v) is 9.27. The van der Waals surface area contributed by atoms with Crippen molar-refractivity contribution in [1.29, 1.82) is 5.26 Å². The summed E-state index contributed by atoms with van der Waals surface area (Å²) >= 11 is 5.87. The predicted molar refractivity (Wildman–Crippen MR) is 79.5 cm³/mol. The summed E-state index contributed by atoms with van der Waals surface area (Å²) in [5.41, 5.74) is 0.295. The summed E-state index contributed by atoms with van der Waals surface area (Å²) in [6.45, 7) is 1.97. The molecule has 1 aromatic rings. The van der Waals surface area contributed by atoms with Crippen LogP contribution in [0.1, 0.15) is 18.9 Å². The number of hydrogen-bond donors (Lipinski definition) is 1. The second kappa shape index (κ2) is 7.18. The first-order chi connectivity index (χ1) is 9.27. The molecule has 0 aromatic heterocycles. The highest BCUT2D eigenvalue weighted by molar-refractivity contribution is 7.89. The van der Waals surface area contributed by atoms with Gasteiger partial charge in [0.15, 0.2) is 0 Å². The SMILES string of the molecule is C[C@@H](CCNS(=O)(=O)c1ccc(C#N)cc1Cl)[S@@](C)=O. The van der Waals surface area contributed by atoms with Gasteiger partial charge in [0.05, 0.1) is 16.7 Å². The smallest absolute Gasteiger partial charge is 0.242 e. The average molecular weight is 335 g/mol. The van der Waals surface area contributed by atoms with Crippen LogP contribution in [0.25, 0.3) is 0 Å². The molecule has 1 aromatic carbocycles. The van der Waals surface area contributed by atoms with Gasteiger partial charge >= 0.3 is 0 Å². The zero-order valence-electron chi connectivity index (χ0n) is 11.1. The van der Waals surface area contributed by atoms with Crippen LogP contribution in [0.5, 0.6) is 0 Å². The Morgan fingerprint density at radius 2 is 2.15 bits per heavy atom. The number of nitrogens with one attached hydrogen (secondary N) is 1. The fraction of sp³-hybridized carbons (Fsp3) is 0.417. The van der Waals surface area contributed by atoms with Gasteiger partial charge in [-0.25, -0.2) is 13.1 Å². The predicted octanol–water partition coefficient (Wildman–Crippen LogP) is 1.65. The van der Waals surface area contributed by atoms with Crippen molar-refractivity contribution < 1.29 is 12.6 Å². The van der Waals surface area contributed by atoms with Crippen molar-refractivity contribution in [1.82, 2.24) is 4.72 Å². The fourth-order valence-electron chi connectivity index (χ4n) is 1.43. The maximum atomic E-state index is 12.0. The molecule has 2 atom stereocenters. The number of sulfonamides is 1. The Morgan fingerprint density at radius 1 is 1.50 bits per heavy atom. The molecule has 0 amide bonds. The maximum absolute atomic E-state index is 12.0. The van der Waals surface area contributed by atoms with E-state index >= 15 is 0 Å². The molecule has 0 spiro atoms. The van der Waals surface area contributed by atoms with Crippen LogP contribution in [0.3, 0.4) is 0 Å². The largest absolute Gasteiger partial charge is 0.260 e. The number of nitriles is 1. The highest BCUT2D eigenvalue weighted by atomic mass is 35.5. The summed E-state index contributed by atoms with van der Waals surface area (Å²) in [6.07, 6.45) is 2.05. The minimum atomic E-state index is -3.73. The van der Waals surface area contributed by atoms with Gasteiger partial charge in [0, 0.05) is 28.9 Å². The Morgan fingerprint density at radius 3 is 2.65 bits per heavy atom. The molecule has 0 unspecified atom stereocenters. The Bertz CT molecular complexity index is 653. The molecule has 1 N–H and O–H groups in total. The average Bonchev–Trinajstić information content (AvgIpc) is 2.37. The van der Waals surface area contributed by atoms with E-state index in [1.54, 1.807) is 13.2 Å². The lowest BCUT2D eigenvalue weighted by Gasteiger charge is -2.11. The molecule has 0 fully saturated rings. The highest BCUT2D eigenvalue weighted by Gasteiger charge is 2.18. The van der Waals surface area contributed by atoms with Gasteiger partial charge in [-0.15, -0.1) is 0 Å². The van der Waals surface area contributed by atoms with Crippen molar-refractivity contribution >= 4 is 32.4 Å². The normalized spacial score (nSPS) is 14.5. The maximum Gasteiger partial charge on any atom is 0.242 e. The van der Waals surface area contributed by atoms with E-state index in [2.05, 4.69) is 4.72 Å². The van der Waals surface area contributed by atoms with Crippen molar-refractivity contribution in [3.05, 3.63) is 28.8 Å². The first kappa shape index (κ1) is 17.1. The van der Waals surface area contributed by atoms with Crippen molar-refractivity contribution in [2.75, 3.05) is 12.8 Å². The van der Waals surface area contributed by atoms with E-state index in [0.717, 1.165) is 0 Å². The highest BCUT2D eigenvalue weighted by Crippen LogP contribution is 2.22. The number of halogens is 1. The van der Waals surface area contributed by atoms with Crippen LogP contribution in [0.2, 0.25) is 5.02 Å². The van der Waals surface area contributed by atoms with E-state index in [1.807, 2.05) is 6.07 Å². The lowest BCUT2D eigenvalue weighted by atomic mass is 10.2. The van der Waals surface area contributed by atoms with Gasteiger partial charge in [0.2, 0.25) is 10.0 Å². The molecule has 110 valence electrons. The quantitative estimate of drug-likeness (QED) is 0.856. The van der Waals surface area contributed by atoms with Gasteiger partial charge in [0.1, 0.15) is 4.90 Å². The third-order valence-corrected chi connectivity index (χ3v) is 6.07. The lowest BCUT2D eigenvalue weighted by molar-refractivity contribution is 0.578. The number of hydrogen-bond acceptors (Lipinski definition) is 4. The van der Waals surface area contributed by atoms with Gasteiger partial charge in [-0.1, -0.05) is 18.5 Å². The summed E-state index contributed by atoms with van der Waals surface area (Å²) in [6, 6.07) is 5.88. The molecular formula is C12H15ClN2O3S2. The molecular weight excluding hydrogens is 320 g/mol. The summed E-state index contributed by atoms with van der Waals surface area (Å²) in [7, 11) is -4.72. The summed E-state index contributed by atoms with van der Waals surface area (Å²) in [5.74, 6) is 0. The third-order valence-electron chi connectivity index (χ3n) is 2.76. The fourth-order valence-corrected chi connectivity index (χ4v) is 3.47. The third kappa shape index (κ3) is 4.56. The molecule has 0 heterocycles. The summed E-state index contributed by atoms with van der Waals surface area (Å²) in [4.78, 5) is -0.0663. The molecule has 0 aliphatic rings. The summed E-state index contributed by atoms with van der Waals surface area (Å²) < 4.78 is 37.7. The van der Waals surface area contributed by atoms with E-state index in [4.69, 9.17) is 16.9 Å². The van der Waals surface area contributed by atoms with Gasteiger partial charge in [-0.3, -0.25) is 4.21 Å². The Labute approximate surface area is 126 Å². The number of nitrogens with zero attached hydrogens (tertiary/aromatic N) is 1. The summed E-state index contributed by atoms with van der Waals surface area (Å²) in [5, 5.41) is 8.62. The first-order valence-electron chi connectivity index (χ1n) is 5.79. The number of rotatable bonds is 6. The van der Waals surface area contributed by atoms with E-state index in [-0.39, 0.29) is 21.7 Å². The molecule has 5 nitrogen and oxygen atoms in total. The zero-order valence-corrected chi connectivity index (χ0v) is 13.5. The van der Waals surface area contributed by atoms with Crippen LogP contribution >= 0.6 is 11.6 Å². The minimum Gasteiger partial charge on any atom is -0.260 e. The minimum absolute atomic E-state index is 0.00339. The van der Waals surface area contributed by atoms with E-state index in [0.29, 0.717) is 12.0 Å². The van der Waals surface area contributed by atoms with Crippen LogP contribution in [0.15, 0.2) is 23.1 Å². The van der Waals surface area contributed by atoms with Crippen molar-refractivity contribution in [3.63, 3.8) is 0 Å². The van der Waals surface area contributed by atoms with Crippen molar-refractivity contribution in [2.24, 2.45) is 0 Å².